The highest BCUT2D eigenvalue weighted by atomic mass is 16.6. The first-order valence-corrected chi connectivity index (χ1v) is 5.96. The summed E-state index contributed by atoms with van der Waals surface area (Å²) in [5, 5.41) is 9.25. The first-order chi connectivity index (χ1) is 8.28. The van der Waals surface area contributed by atoms with Crippen molar-refractivity contribution in [1.82, 2.24) is 4.90 Å². The molecule has 0 saturated carbocycles. The number of likely N-dealkylation sites (tertiary alicyclic amines) is 1. The summed E-state index contributed by atoms with van der Waals surface area (Å²) in [6.07, 6.45) is -0.101. The number of ether oxygens (including phenoxy) is 2. The SMILES string of the molecule is COC(=O)C1CC(CO)N(C(=O)OC(C)(C)C)C1. The van der Waals surface area contributed by atoms with Crippen LogP contribution >= 0.6 is 0 Å². The van der Waals surface area contributed by atoms with Crippen molar-refractivity contribution in [2.45, 2.75) is 38.8 Å². The molecule has 0 radical (unpaired) electrons. The van der Waals surface area contributed by atoms with Gasteiger partial charge in [0, 0.05) is 6.54 Å². The Kier molecular flexibility index (Phi) is 4.56. The van der Waals surface area contributed by atoms with E-state index in [1.54, 1.807) is 20.8 Å². The van der Waals surface area contributed by atoms with E-state index in [2.05, 4.69) is 4.74 Å². The number of amides is 1. The van der Waals surface area contributed by atoms with E-state index in [-0.39, 0.29) is 31.1 Å². The van der Waals surface area contributed by atoms with Crippen LogP contribution in [-0.4, -0.2) is 54.0 Å². The fraction of sp³-hybridized carbons (Fsp3) is 0.833. The van der Waals surface area contributed by atoms with Gasteiger partial charge in [-0.05, 0) is 27.2 Å². The predicted molar refractivity (Wildman–Crippen MR) is 63.9 cm³/mol. The average molecular weight is 259 g/mol. The number of nitrogens with zero attached hydrogens (tertiary/aromatic N) is 1. The van der Waals surface area contributed by atoms with Gasteiger partial charge in [-0.15, -0.1) is 0 Å². The molecule has 2 atom stereocenters. The third kappa shape index (κ3) is 3.60. The summed E-state index contributed by atoms with van der Waals surface area (Å²) >= 11 is 0. The Morgan fingerprint density at radius 1 is 1.39 bits per heavy atom. The Labute approximate surface area is 107 Å². The van der Waals surface area contributed by atoms with E-state index in [1.165, 1.54) is 12.0 Å². The fourth-order valence-corrected chi connectivity index (χ4v) is 1.97. The van der Waals surface area contributed by atoms with E-state index in [4.69, 9.17) is 4.74 Å². The second kappa shape index (κ2) is 5.56. The largest absolute Gasteiger partial charge is 0.469 e. The maximum absolute atomic E-state index is 11.9. The van der Waals surface area contributed by atoms with Crippen LogP contribution in [0.3, 0.4) is 0 Å². The van der Waals surface area contributed by atoms with E-state index < -0.39 is 11.7 Å². The number of hydrogen-bond donors (Lipinski definition) is 1. The second-order valence-electron chi connectivity index (χ2n) is 5.42. The van der Waals surface area contributed by atoms with Crippen LogP contribution in [0.15, 0.2) is 0 Å². The van der Waals surface area contributed by atoms with Crippen LogP contribution in [0.25, 0.3) is 0 Å². The van der Waals surface area contributed by atoms with E-state index >= 15 is 0 Å². The van der Waals surface area contributed by atoms with E-state index in [1.807, 2.05) is 0 Å². The molecule has 0 aromatic rings. The molecule has 1 amide bonds. The molecule has 104 valence electrons. The van der Waals surface area contributed by atoms with Crippen molar-refractivity contribution in [3.63, 3.8) is 0 Å². The summed E-state index contributed by atoms with van der Waals surface area (Å²) in [6.45, 7) is 5.35. The quantitative estimate of drug-likeness (QED) is 0.741. The monoisotopic (exact) mass is 259 g/mol. The number of aliphatic hydroxyl groups excluding tert-OH is 1. The highest BCUT2D eigenvalue weighted by Gasteiger charge is 2.40. The number of carbonyl (C=O) groups excluding carboxylic acids is 2. The van der Waals surface area contributed by atoms with Crippen LogP contribution < -0.4 is 0 Å². The zero-order valence-electron chi connectivity index (χ0n) is 11.3. The summed E-state index contributed by atoms with van der Waals surface area (Å²) in [5.41, 5.74) is -0.597. The third-order valence-corrected chi connectivity index (χ3v) is 2.79. The van der Waals surface area contributed by atoms with Gasteiger partial charge in [0.05, 0.1) is 25.7 Å². The molecule has 1 N–H and O–H groups in total. The standard InChI is InChI=1S/C12H21NO5/c1-12(2,3)18-11(16)13-6-8(10(15)17-4)5-9(13)7-14/h8-9,14H,5-7H2,1-4H3. The first kappa shape index (κ1) is 14.8. The Morgan fingerprint density at radius 3 is 2.44 bits per heavy atom. The van der Waals surface area contributed by atoms with Crippen molar-refractivity contribution in [3.8, 4) is 0 Å². The van der Waals surface area contributed by atoms with Gasteiger partial charge in [0.1, 0.15) is 5.60 Å². The second-order valence-corrected chi connectivity index (χ2v) is 5.42. The molecule has 18 heavy (non-hydrogen) atoms. The smallest absolute Gasteiger partial charge is 0.410 e. The Morgan fingerprint density at radius 2 is 2.00 bits per heavy atom. The molecule has 0 aromatic heterocycles. The average Bonchev–Trinajstić information content (AvgIpc) is 2.69. The van der Waals surface area contributed by atoms with E-state index in [0.717, 1.165) is 0 Å². The highest BCUT2D eigenvalue weighted by molar-refractivity contribution is 5.76. The fourth-order valence-electron chi connectivity index (χ4n) is 1.97. The minimum atomic E-state index is -0.597. The summed E-state index contributed by atoms with van der Waals surface area (Å²) in [4.78, 5) is 24.8. The lowest BCUT2D eigenvalue weighted by Crippen LogP contribution is -2.41. The predicted octanol–water partition coefficient (Wildman–Crippen LogP) is 0.777. The molecule has 1 heterocycles. The zero-order chi connectivity index (χ0) is 13.9. The van der Waals surface area contributed by atoms with Crippen LogP contribution in [0.2, 0.25) is 0 Å². The van der Waals surface area contributed by atoms with Crippen molar-refractivity contribution < 1.29 is 24.2 Å². The Hall–Kier alpha value is -1.30. The highest BCUT2D eigenvalue weighted by Crippen LogP contribution is 2.26. The summed E-state index contributed by atoms with van der Waals surface area (Å²) in [7, 11) is 1.31. The topological polar surface area (TPSA) is 76.1 Å². The van der Waals surface area contributed by atoms with E-state index in [0.29, 0.717) is 6.42 Å². The maximum Gasteiger partial charge on any atom is 0.410 e. The molecule has 2 unspecified atom stereocenters. The van der Waals surface area contributed by atoms with Crippen LogP contribution in [-0.2, 0) is 14.3 Å². The van der Waals surface area contributed by atoms with Crippen molar-refractivity contribution >= 4 is 12.1 Å². The first-order valence-electron chi connectivity index (χ1n) is 5.96. The molecule has 0 spiro atoms. The normalized spacial score (nSPS) is 23.9. The van der Waals surface area contributed by atoms with Gasteiger partial charge in [-0.1, -0.05) is 0 Å². The van der Waals surface area contributed by atoms with E-state index in [9.17, 15) is 14.7 Å². The number of esters is 1. The number of carbonyl (C=O) groups is 2. The minimum absolute atomic E-state index is 0.188. The minimum Gasteiger partial charge on any atom is -0.469 e. The molecule has 6 heteroatoms. The molecular formula is C12H21NO5. The van der Waals surface area contributed by atoms with Gasteiger partial charge < -0.3 is 19.5 Å². The number of aliphatic hydroxyl groups is 1. The van der Waals surface area contributed by atoms with Gasteiger partial charge in [0.25, 0.3) is 0 Å². The van der Waals surface area contributed by atoms with Gasteiger partial charge in [0.15, 0.2) is 0 Å². The molecule has 1 aliphatic heterocycles. The molecule has 1 saturated heterocycles. The van der Waals surface area contributed by atoms with Crippen LogP contribution in [0.5, 0.6) is 0 Å². The molecule has 1 rings (SSSR count). The number of methoxy groups -OCH3 is 1. The van der Waals surface area contributed by atoms with Gasteiger partial charge in [0.2, 0.25) is 0 Å². The van der Waals surface area contributed by atoms with Crippen LogP contribution in [0, 0.1) is 5.92 Å². The van der Waals surface area contributed by atoms with Gasteiger partial charge in [-0.3, -0.25) is 4.79 Å². The summed E-state index contributed by atoms with van der Waals surface area (Å²) in [5.74, 6) is -0.751. The molecular weight excluding hydrogens is 238 g/mol. The Balaban J connectivity index is 2.70. The Bertz CT molecular complexity index is 323. The van der Waals surface area contributed by atoms with Gasteiger partial charge in [-0.25, -0.2) is 4.79 Å². The molecule has 6 nitrogen and oxygen atoms in total. The lowest BCUT2D eigenvalue weighted by atomic mass is 10.1. The molecule has 0 bridgehead atoms. The molecule has 0 aliphatic carbocycles. The molecule has 1 aliphatic rings. The lowest BCUT2D eigenvalue weighted by molar-refractivity contribution is -0.144. The van der Waals surface area contributed by atoms with Gasteiger partial charge in [-0.2, -0.15) is 0 Å². The maximum atomic E-state index is 11.9. The lowest BCUT2D eigenvalue weighted by Gasteiger charge is -2.27. The summed E-state index contributed by atoms with van der Waals surface area (Å²) < 4.78 is 9.90. The summed E-state index contributed by atoms with van der Waals surface area (Å²) in [6, 6.07) is -0.385. The van der Waals surface area contributed by atoms with Crippen LogP contribution in [0.4, 0.5) is 4.79 Å². The number of rotatable bonds is 2. The third-order valence-electron chi connectivity index (χ3n) is 2.79. The number of hydrogen-bond acceptors (Lipinski definition) is 5. The zero-order valence-corrected chi connectivity index (χ0v) is 11.3. The van der Waals surface area contributed by atoms with Crippen molar-refractivity contribution in [2.24, 2.45) is 5.92 Å². The van der Waals surface area contributed by atoms with Crippen LogP contribution in [0.1, 0.15) is 27.2 Å². The molecule has 0 aromatic carbocycles. The van der Waals surface area contributed by atoms with Gasteiger partial charge >= 0.3 is 12.1 Å². The molecule has 1 fully saturated rings. The van der Waals surface area contributed by atoms with Crippen molar-refractivity contribution in [2.75, 3.05) is 20.3 Å². The van der Waals surface area contributed by atoms with Crippen molar-refractivity contribution in [3.05, 3.63) is 0 Å². The van der Waals surface area contributed by atoms with Crippen molar-refractivity contribution in [1.29, 1.82) is 0 Å².